The zero-order valence-corrected chi connectivity index (χ0v) is 12.2. The van der Waals surface area contributed by atoms with Crippen molar-refractivity contribution < 1.29 is 9.84 Å². The fraction of sp³-hybridized carbons (Fsp3) is 0.625. The van der Waals surface area contributed by atoms with Crippen LogP contribution in [-0.2, 0) is 11.2 Å². The fourth-order valence-electron chi connectivity index (χ4n) is 2.29. The van der Waals surface area contributed by atoms with Gasteiger partial charge < -0.3 is 9.84 Å². The smallest absolute Gasteiger partial charge is 0.0885 e. The molecule has 0 saturated heterocycles. The average molecular weight is 250 g/mol. The van der Waals surface area contributed by atoms with Crippen LogP contribution in [0.3, 0.4) is 0 Å². The normalized spacial score (nSPS) is 15.4. The molecule has 2 nitrogen and oxygen atoms in total. The van der Waals surface area contributed by atoms with Gasteiger partial charge in [-0.15, -0.1) is 0 Å². The Morgan fingerprint density at radius 1 is 1.22 bits per heavy atom. The SMILES string of the molecule is CCOC(C(O)Cc1ccccc1C)C(C)(C)C. The van der Waals surface area contributed by atoms with E-state index in [-0.39, 0.29) is 11.5 Å². The topological polar surface area (TPSA) is 29.5 Å². The van der Waals surface area contributed by atoms with Crippen molar-refractivity contribution in [1.29, 1.82) is 0 Å². The number of aliphatic hydroxyl groups excluding tert-OH is 1. The molecule has 0 aliphatic rings. The largest absolute Gasteiger partial charge is 0.390 e. The van der Waals surface area contributed by atoms with Crippen molar-refractivity contribution in [3.63, 3.8) is 0 Å². The monoisotopic (exact) mass is 250 g/mol. The summed E-state index contributed by atoms with van der Waals surface area (Å²) in [4.78, 5) is 0. The van der Waals surface area contributed by atoms with Gasteiger partial charge in [-0.05, 0) is 30.4 Å². The van der Waals surface area contributed by atoms with Crippen LogP contribution in [0, 0.1) is 12.3 Å². The Kier molecular flexibility index (Phi) is 5.36. The van der Waals surface area contributed by atoms with Crippen molar-refractivity contribution in [2.75, 3.05) is 6.61 Å². The maximum Gasteiger partial charge on any atom is 0.0885 e. The second kappa shape index (κ2) is 6.35. The van der Waals surface area contributed by atoms with Crippen molar-refractivity contribution in [2.45, 2.75) is 53.2 Å². The molecule has 0 spiro atoms. The van der Waals surface area contributed by atoms with Crippen LogP contribution in [0.1, 0.15) is 38.8 Å². The molecule has 0 heterocycles. The molecule has 2 atom stereocenters. The molecule has 0 aliphatic heterocycles. The van der Waals surface area contributed by atoms with Gasteiger partial charge in [-0.1, -0.05) is 45.0 Å². The number of aliphatic hydroxyl groups is 1. The summed E-state index contributed by atoms with van der Waals surface area (Å²) < 4.78 is 5.73. The maximum atomic E-state index is 10.4. The van der Waals surface area contributed by atoms with E-state index in [4.69, 9.17) is 4.74 Å². The molecule has 102 valence electrons. The van der Waals surface area contributed by atoms with Crippen molar-refractivity contribution in [1.82, 2.24) is 0 Å². The van der Waals surface area contributed by atoms with Crippen LogP contribution in [-0.4, -0.2) is 23.9 Å². The van der Waals surface area contributed by atoms with Gasteiger partial charge in [-0.3, -0.25) is 0 Å². The molecule has 0 fully saturated rings. The minimum atomic E-state index is -0.467. The summed E-state index contributed by atoms with van der Waals surface area (Å²) in [6.07, 6.45) is 0.0439. The molecule has 2 unspecified atom stereocenters. The molecular formula is C16H26O2. The van der Waals surface area contributed by atoms with Crippen molar-refractivity contribution in [2.24, 2.45) is 5.41 Å². The van der Waals surface area contributed by atoms with E-state index in [9.17, 15) is 5.11 Å². The van der Waals surface area contributed by atoms with E-state index in [2.05, 4.69) is 39.8 Å². The van der Waals surface area contributed by atoms with Crippen molar-refractivity contribution in [3.05, 3.63) is 35.4 Å². The van der Waals surface area contributed by atoms with Gasteiger partial charge in [-0.2, -0.15) is 0 Å². The quantitative estimate of drug-likeness (QED) is 0.868. The number of hydrogen-bond acceptors (Lipinski definition) is 2. The summed E-state index contributed by atoms with van der Waals surface area (Å²) >= 11 is 0. The summed E-state index contributed by atoms with van der Waals surface area (Å²) in [6.45, 7) is 11.0. The predicted octanol–water partition coefficient (Wildman–Crippen LogP) is 3.35. The van der Waals surface area contributed by atoms with Crippen LogP contribution in [0.4, 0.5) is 0 Å². The molecule has 0 radical (unpaired) electrons. The van der Waals surface area contributed by atoms with Crippen LogP contribution in [0.25, 0.3) is 0 Å². The Labute approximate surface area is 111 Å². The van der Waals surface area contributed by atoms with Gasteiger partial charge >= 0.3 is 0 Å². The van der Waals surface area contributed by atoms with Crippen LogP contribution in [0.5, 0.6) is 0 Å². The van der Waals surface area contributed by atoms with Crippen molar-refractivity contribution >= 4 is 0 Å². The predicted molar refractivity (Wildman–Crippen MR) is 75.8 cm³/mol. The van der Waals surface area contributed by atoms with Gasteiger partial charge in [0.15, 0.2) is 0 Å². The van der Waals surface area contributed by atoms with Gasteiger partial charge in [0.25, 0.3) is 0 Å². The first-order valence-electron chi connectivity index (χ1n) is 6.70. The number of benzene rings is 1. The second-order valence-corrected chi connectivity index (χ2v) is 5.94. The molecule has 0 aromatic heterocycles. The number of ether oxygens (including phenoxy) is 1. The summed E-state index contributed by atoms with van der Waals surface area (Å²) in [5, 5.41) is 10.4. The molecule has 0 aliphatic carbocycles. The Balaban J connectivity index is 2.79. The summed E-state index contributed by atoms with van der Waals surface area (Å²) in [5.74, 6) is 0. The lowest BCUT2D eigenvalue weighted by Crippen LogP contribution is -2.41. The lowest BCUT2D eigenvalue weighted by molar-refractivity contribution is -0.0874. The van der Waals surface area contributed by atoms with E-state index in [1.54, 1.807) is 0 Å². The average Bonchev–Trinajstić information content (AvgIpc) is 2.27. The lowest BCUT2D eigenvalue weighted by Gasteiger charge is -2.34. The minimum absolute atomic E-state index is 0.0574. The maximum absolute atomic E-state index is 10.4. The zero-order valence-electron chi connectivity index (χ0n) is 12.2. The van der Waals surface area contributed by atoms with Crippen LogP contribution >= 0.6 is 0 Å². The van der Waals surface area contributed by atoms with Crippen LogP contribution in [0.2, 0.25) is 0 Å². The first kappa shape index (κ1) is 15.2. The van der Waals surface area contributed by atoms with Gasteiger partial charge in [0.05, 0.1) is 12.2 Å². The Bertz CT molecular complexity index is 366. The molecule has 1 aromatic carbocycles. The molecule has 2 heteroatoms. The fourth-order valence-corrected chi connectivity index (χ4v) is 2.29. The van der Waals surface area contributed by atoms with E-state index in [0.717, 1.165) is 0 Å². The summed E-state index contributed by atoms with van der Waals surface area (Å²) in [5.41, 5.74) is 2.36. The highest BCUT2D eigenvalue weighted by atomic mass is 16.5. The van der Waals surface area contributed by atoms with E-state index < -0.39 is 6.10 Å². The zero-order chi connectivity index (χ0) is 13.8. The molecule has 1 aromatic rings. The highest BCUT2D eigenvalue weighted by Crippen LogP contribution is 2.27. The molecule has 0 amide bonds. The lowest BCUT2D eigenvalue weighted by atomic mass is 9.83. The molecule has 18 heavy (non-hydrogen) atoms. The van der Waals surface area contributed by atoms with E-state index in [1.165, 1.54) is 11.1 Å². The number of rotatable bonds is 5. The standard InChI is InChI=1S/C16H26O2/c1-6-18-15(16(3,4)5)14(17)11-13-10-8-7-9-12(13)2/h7-10,14-15,17H,6,11H2,1-5H3. The molecular weight excluding hydrogens is 224 g/mol. The first-order chi connectivity index (χ1) is 8.36. The van der Waals surface area contributed by atoms with Gasteiger partial charge in [-0.25, -0.2) is 0 Å². The van der Waals surface area contributed by atoms with Gasteiger partial charge in [0, 0.05) is 13.0 Å². The second-order valence-electron chi connectivity index (χ2n) is 5.94. The third-order valence-electron chi connectivity index (χ3n) is 3.24. The Morgan fingerprint density at radius 3 is 2.33 bits per heavy atom. The Morgan fingerprint density at radius 2 is 1.83 bits per heavy atom. The van der Waals surface area contributed by atoms with Gasteiger partial charge in [0.1, 0.15) is 0 Å². The highest BCUT2D eigenvalue weighted by molar-refractivity contribution is 5.26. The number of hydrogen-bond donors (Lipinski definition) is 1. The molecule has 0 saturated carbocycles. The first-order valence-corrected chi connectivity index (χ1v) is 6.70. The summed E-state index contributed by atoms with van der Waals surface area (Å²) in [7, 11) is 0. The third-order valence-corrected chi connectivity index (χ3v) is 3.24. The van der Waals surface area contributed by atoms with Crippen LogP contribution < -0.4 is 0 Å². The summed E-state index contributed by atoms with van der Waals surface area (Å²) in [6, 6.07) is 8.19. The van der Waals surface area contributed by atoms with E-state index >= 15 is 0 Å². The third kappa shape index (κ3) is 4.11. The molecule has 0 bridgehead atoms. The van der Waals surface area contributed by atoms with Crippen LogP contribution in [0.15, 0.2) is 24.3 Å². The Hall–Kier alpha value is -0.860. The minimum Gasteiger partial charge on any atom is -0.390 e. The van der Waals surface area contributed by atoms with Crippen molar-refractivity contribution in [3.8, 4) is 0 Å². The molecule has 1 N–H and O–H groups in total. The highest BCUT2D eigenvalue weighted by Gasteiger charge is 2.31. The number of aryl methyl sites for hydroxylation is 1. The van der Waals surface area contributed by atoms with E-state index in [1.807, 2.05) is 19.1 Å². The van der Waals surface area contributed by atoms with E-state index in [0.29, 0.717) is 13.0 Å². The van der Waals surface area contributed by atoms with Gasteiger partial charge in [0.2, 0.25) is 0 Å². The molecule has 1 rings (SSSR count).